The highest BCUT2D eigenvalue weighted by Crippen LogP contribution is 2.53. The molecule has 0 heterocycles. The maximum Gasteiger partial charge on any atom is 0.217 e. The molecule has 1 saturated carbocycles. The number of carbonyl (C=O) groups excluding carboxylic acids is 1. The number of hydrogen-bond acceptors (Lipinski definition) is 2. The summed E-state index contributed by atoms with van der Waals surface area (Å²) in [6.45, 7) is 1.61. The first-order chi connectivity index (χ1) is 8.68. The van der Waals surface area contributed by atoms with Gasteiger partial charge in [-0.15, -0.1) is 0 Å². The Labute approximate surface area is 112 Å². The molecule has 3 heteroatoms. The van der Waals surface area contributed by atoms with Gasteiger partial charge in [0.15, 0.2) is 0 Å². The Bertz CT molecular complexity index is 485. The minimum Gasteiger partial charge on any atom is -0.341 e. The molecule has 2 aliphatic carbocycles. The first kappa shape index (κ1) is 11.8. The molecule has 1 N–H and O–H groups in total. The van der Waals surface area contributed by atoms with Crippen molar-refractivity contribution in [2.75, 3.05) is 0 Å². The van der Waals surface area contributed by atoms with Crippen molar-refractivity contribution in [3.63, 3.8) is 0 Å². The van der Waals surface area contributed by atoms with E-state index in [1.165, 1.54) is 11.3 Å². The quantitative estimate of drug-likeness (QED) is 0.667. The molecule has 2 bridgehead atoms. The van der Waals surface area contributed by atoms with Gasteiger partial charge in [-0.25, -0.2) is 0 Å². The molecular formula is C15H17NOS. The van der Waals surface area contributed by atoms with Gasteiger partial charge < -0.3 is 5.32 Å². The molecule has 0 saturated heterocycles. The van der Waals surface area contributed by atoms with E-state index in [1.807, 2.05) is 18.2 Å². The van der Waals surface area contributed by atoms with Crippen molar-refractivity contribution in [1.82, 2.24) is 5.32 Å². The van der Waals surface area contributed by atoms with Crippen LogP contribution in [0.1, 0.15) is 19.8 Å². The number of rotatable bonds is 3. The van der Waals surface area contributed by atoms with Crippen molar-refractivity contribution >= 4 is 17.7 Å². The second-order valence-electron chi connectivity index (χ2n) is 5.18. The van der Waals surface area contributed by atoms with Crippen LogP contribution in [0.3, 0.4) is 0 Å². The summed E-state index contributed by atoms with van der Waals surface area (Å²) in [7, 11) is 0. The minimum absolute atomic E-state index is 0.0689. The zero-order chi connectivity index (χ0) is 12.6. The van der Waals surface area contributed by atoms with E-state index in [0.717, 1.165) is 6.42 Å². The van der Waals surface area contributed by atoms with E-state index in [9.17, 15) is 4.79 Å². The van der Waals surface area contributed by atoms with Gasteiger partial charge in [0.1, 0.15) is 0 Å². The lowest BCUT2D eigenvalue weighted by Crippen LogP contribution is -2.47. The Balaban J connectivity index is 1.87. The van der Waals surface area contributed by atoms with Crippen molar-refractivity contribution in [1.29, 1.82) is 0 Å². The van der Waals surface area contributed by atoms with Crippen molar-refractivity contribution in [3.8, 4) is 0 Å². The second-order valence-corrected chi connectivity index (χ2v) is 6.58. The molecule has 0 aromatic heterocycles. The van der Waals surface area contributed by atoms with E-state index in [-0.39, 0.29) is 10.8 Å². The number of allylic oxidation sites excluding steroid dienone is 1. The van der Waals surface area contributed by atoms with Crippen LogP contribution >= 0.6 is 11.8 Å². The average molecular weight is 259 g/mol. The number of amides is 1. The van der Waals surface area contributed by atoms with Crippen LogP contribution in [0.25, 0.3) is 0 Å². The molecule has 2 aliphatic rings. The highest BCUT2D eigenvalue weighted by atomic mass is 32.2. The van der Waals surface area contributed by atoms with Crippen LogP contribution in [0.2, 0.25) is 0 Å². The van der Waals surface area contributed by atoms with Crippen LogP contribution in [-0.2, 0) is 4.79 Å². The predicted octanol–water partition coefficient (Wildman–Crippen LogP) is 3.21. The Hall–Kier alpha value is -1.22. The van der Waals surface area contributed by atoms with E-state index in [1.54, 1.807) is 18.7 Å². The van der Waals surface area contributed by atoms with Crippen LogP contribution in [-0.4, -0.2) is 10.8 Å². The molecule has 2 nitrogen and oxygen atoms in total. The van der Waals surface area contributed by atoms with Gasteiger partial charge in [-0.2, -0.15) is 0 Å². The first-order valence-electron chi connectivity index (χ1n) is 6.39. The molecule has 0 aliphatic heterocycles. The summed E-state index contributed by atoms with van der Waals surface area (Å²) in [5.41, 5.74) is 0. The molecule has 1 aromatic rings. The number of thioether (sulfide) groups is 1. The van der Waals surface area contributed by atoms with Crippen LogP contribution < -0.4 is 5.32 Å². The number of nitrogens with one attached hydrogen (secondary N) is 1. The molecule has 0 radical (unpaired) electrons. The van der Waals surface area contributed by atoms with Crippen LogP contribution in [0, 0.1) is 11.8 Å². The summed E-state index contributed by atoms with van der Waals surface area (Å²) < 4.78 is 0. The van der Waals surface area contributed by atoms with Crippen molar-refractivity contribution in [2.45, 2.75) is 29.5 Å². The molecule has 3 atom stereocenters. The van der Waals surface area contributed by atoms with E-state index in [2.05, 4.69) is 29.6 Å². The van der Waals surface area contributed by atoms with Crippen molar-refractivity contribution in [3.05, 3.63) is 42.5 Å². The molecule has 1 amide bonds. The predicted molar refractivity (Wildman–Crippen MR) is 74.2 cm³/mol. The molecule has 1 fully saturated rings. The maximum absolute atomic E-state index is 11.5. The van der Waals surface area contributed by atoms with Gasteiger partial charge in [-0.1, -0.05) is 42.1 Å². The summed E-state index contributed by atoms with van der Waals surface area (Å²) in [5, 5.41) is 3.21. The molecule has 0 spiro atoms. The van der Waals surface area contributed by atoms with Crippen molar-refractivity contribution < 1.29 is 4.79 Å². The lowest BCUT2D eigenvalue weighted by Gasteiger charge is -2.35. The lowest BCUT2D eigenvalue weighted by molar-refractivity contribution is -0.120. The van der Waals surface area contributed by atoms with Gasteiger partial charge in [0.2, 0.25) is 5.91 Å². The molecule has 94 valence electrons. The third kappa shape index (κ3) is 2.07. The van der Waals surface area contributed by atoms with Gasteiger partial charge in [0.05, 0.1) is 4.87 Å². The van der Waals surface area contributed by atoms with Gasteiger partial charge in [-0.3, -0.25) is 4.79 Å². The summed E-state index contributed by atoms with van der Waals surface area (Å²) in [4.78, 5) is 12.6. The zero-order valence-corrected chi connectivity index (χ0v) is 11.2. The zero-order valence-electron chi connectivity index (χ0n) is 10.4. The third-order valence-corrected chi connectivity index (χ3v) is 5.21. The summed E-state index contributed by atoms with van der Waals surface area (Å²) in [5.74, 6) is 1.18. The normalized spacial score (nSPS) is 32.7. The summed E-state index contributed by atoms with van der Waals surface area (Å²) in [6, 6.07) is 10.4. The molecule has 0 unspecified atom stereocenters. The molecule has 3 rings (SSSR count). The Kier molecular flexibility index (Phi) is 2.94. The minimum atomic E-state index is -0.132. The fourth-order valence-electron chi connectivity index (χ4n) is 3.10. The molecular weight excluding hydrogens is 242 g/mol. The lowest BCUT2D eigenvalue weighted by atomic mass is 10.0. The van der Waals surface area contributed by atoms with E-state index in [4.69, 9.17) is 0 Å². The monoisotopic (exact) mass is 259 g/mol. The van der Waals surface area contributed by atoms with E-state index < -0.39 is 0 Å². The van der Waals surface area contributed by atoms with Crippen LogP contribution in [0.15, 0.2) is 47.4 Å². The smallest absolute Gasteiger partial charge is 0.217 e. The third-order valence-electron chi connectivity index (χ3n) is 3.77. The van der Waals surface area contributed by atoms with Crippen LogP contribution in [0.4, 0.5) is 0 Å². The van der Waals surface area contributed by atoms with E-state index >= 15 is 0 Å². The van der Waals surface area contributed by atoms with Gasteiger partial charge in [0.25, 0.3) is 0 Å². The number of carbonyl (C=O) groups is 1. The molecule has 1 aromatic carbocycles. The fourth-order valence-corrected chi connectivity index (χ4v) is 4.63. The second kappa shape index (κ2) is 4.47. The highest BCUT2D eigenvalue weighted by Gasteiger charge is 2.49. The Morgan fingerprint density at radius 1 is 1.33 bits per heavy atom. The van der Waals surface area contributed by atoms with Gasteiger partial charge in [-0.05, 0) is 30.9 Å². The number of hydrogen-bond donors (Lipinski definition) is 1. The topological polar surface area (TPSA) is 29.1 Å². The summed E-state index contributed by atoms with van der Waals surface area (Å²) in [6.07, 6.45) is 6.81. The number of benzene rings is 1. The Morgan fingerprint density at radius 2 is 2.11 bits per heavy atom. The average Bonchev–Trinajstić information content (AvgIpc) is 2.89. The largest absolute Gasteiger partial charge is 0.341 e. The van der Waals surface area contributed by atoms with Gasteiger partial charge >= 0.3 is 0 Å². The van der Waals surface area contributed by atoms with E-state index in [0.29, 0.717) is 11.8 Å². The fraction of sp³-hybridized carbons (Fsp3) is 0.400. The highest BCUT2D eigenvalue weighted by molar-refractivity contribution is 8.00. The maximum atomic E-state index is 11.5. The Morgan fingerprint density at radius 3 is 2.67 bits per heavy atom. The van der Waals surface area contributed by atoms with Crippen LogP contribution in [0.5, 0.6) is 0 Å². The van der Waals surface area contributed by atoms with Crippen molar-refractivity contribution in [2.24, 2.45) is 11.8 Å². The summed E-state index contributed by atoms with van der Waals surface area (Å²) >= 11 is 1.81. The first-order valence-corrected chi connectivity index (χ1v) is 7.21. The standard InChI is InChI=1S/C15H17NOS/c1-11(17)16-15(10-12-7-8-13(15)9-12)18-14-5-3-2-4-6-14/h2-8,12-13H,9-10H2,1H3,(H,16,17)/t12-,13+,15+/m0/s1. The SMILES string of the molecule is CC(=O)N[C@@]1(Sc2ccccc2)C[C@H]2C=C[C@@H]1C2. The number of fused-ring (bicyclic) bond motifs is 2. The molecule has 18 heavy (non-hydrogen) atoms. The van der Waals surface area contributed by atoms with Gasteiger partial charge in [0, 0.05) is 17.7 Å².